The minimum absolute atomic E-state index is 0.0343. The van der Waals surface area contributed by atoms with Crippen molar-refractivity contribution in [2.24, 2.45) is 0 Å². The van der Waals surface area contributed by atoms with E-state index in [1.54, 1.807) is 12.4 Å². The second kappa shape index (κ2) is 7.08. The van der Waals surface area contributed by atoms with E-state index in [1.165, 1.54) is 29.0 Å². The number of pyridine rings is 2. The molecule has 0 aliphatic heterocycles. The molecule has 4 aromatic rings. The van der Waals surface area contributed by atoms with Gasteiger partial charge in [-0.05, 0) is 29.3 Å². The molecule has 2 aromatic carbocycles. The largest absolute Gasteiger partial charge is 0.477 e. The molecule has 0 aliphatic rings. The summed E-state index contributed by atoms with van der Waals surface area (Å²) in [5.41, 5.74) is 1.61. The minimum atomic E-state index is -1.35. The molecule has 28 heavy (non-hydrogen) atoms. The van der Waals surface area contributed by atoms with Gasteiger partial charge in [0.25, 0.3) is 0 Å². The van der Waals surface area contributed by atoms with Crippen molar-refractivity contribution in [2.75, 3.05) is 0 Å². The van der Waals surface area contributed by atoms with Gasteiger partial charge in [-0.1, -0.05) is 36.4 Å². The first kappa shape index (κ1) is 17.6. The Morgan fingerprint density at radius 2 is 1.82 bits per heavy atom. The lowest BCUT2D eigenvalue weighted by Gasteiger charge is -2.13. The molecule has 4 rings (SSSR count). The number of hydrogen-bond donors (Lipinski definition) is 1. The van der Waals surface area contributed by atoms with E-state index in [0.717, 1.165) is 16.7 Å². The Balaban J connectivity index is 1.86. The van der Waals surface area contributed by atoms with E-state index in [1.807, 2.05) is 36.4 Å². The highest BCUT2D eigenvalue weighted by Gasteiger charge is 2.17. The Morgan fingerprint density at radius 3 is 2.57 bits per heavy atom. The molecule has 1 N–H and O–H groups in total. The summed E-state index contributed by atoms with van der Waals surface area (Å²) >= 11 is 0. The second-order valence-corrected chi connectivity index (χ2v) is 6.39. The summed E-state index contributed by atoms with van der Waals surface area (Å²) in [6, 6.07) is 15.7. The molecule has 0 saturated heterocycles. The number of halogens is 1. The van der Waals surface area contributed by atoms with Crippen LogP contribution in [0.15, 0.2) is 78.0 Å². The molecule has 0 fully saturated rings. The Kier molecular flexibility index (Phi) is 4.45. The van der Waals surface area contributed by atoms with Crippen molar-refractivity contribution < 1.29 is 14.3 Å². The maximum Gasteiger partial charge on any atom is 0.341 e. The summed E-state index contributed by atoms with van der Waals surface area (Å²) < 4.78 is 15.9. The molecule has 0 unspecified atom stereocenters. The van der Waals surface area contributed by atoms with Crippen molar-refractivity contribution in [3.63, 3.8) is 0 Å². The predicted molar refractivity (Wildman–Crippen MR) is 104 cm³/mol. The van der Waals surface area contributed by atoms with Gasteiger partial charge in [0.2, 0.25) is 5.43 Å². The summed E-state index contributed by atoms with van der Waals surface area (Å²) in [7, 11) is 0. The first-order valence-electron chi connectivity index (χ1n) is 8.59. The van der Waals surface area contributed by atoms with Crippen LogP contribution >= 0.6 is 0 Å². The topological polar surface area (TPSA) is 72.2 Å². The number of para-hydroxylation sites is 1. The van der Waals surface area contributed by atoms with Crippen molar-refractivity contribution in [3.05, 3.63) is 100 Å². The Hall–Kier alpha value is -3.80. The van der Waals surface area contributed by atoms with Crippen molar-refractivity contribution in [2.45, 2.75) is 6.54 Å². The summed E-state index contributed by atoms with van der Waals surface area (Å²) in [5.74, 6) is -1.93. The number of rotatable bonds is 4. The summed E-state index contributed by atoms with van der Waals surface area (Å²) in [5, 5.41) is 9.39. The molecule has 0 atom stereocenters. The fraction of sp³-hybridized carbons (Fsp3) is 0.0455. The zero-order chi connectivity index (χ0) is 19.7. The third-order valence-electron chi connectivity index (χ3n) is 4.53. The maximum absolute atomic E-state index is 14.5. The predicted octanol–water partition coefficient (Wildman–Crippen LogP) is 3.95. The van der Waals surface area contributed by atoms with Crippen LogP contribution in [0, 0.1) is 5.82 Å². The Bertz CT molecular complexity index is 1250. The summed E-state index contributed by atoms with van der Waals surface area (Å²) in [6.07, 6.45) is 4.55. The number of carbonyl (C=O) groups is 1. The molecule has 0 aliphatic carbocycles. The molecule has 0 radical (unpaired) electrons. The van der Waals surface area contributed by atoms with E-state index in [-0.39, 0.29) is 17.4 Å². The number of fused-ring (bicyclic) bond motifs is 1. The van der Waals surface area contributed by atoms with E-state index in [9.17, 15) is 19.1 Å². The van der Waals surface area contributed by atoms with Crippen LogP contribution in [0.1, 0.15) is 15.9 Å². The number of aromatic carboxylic acids is 1. The second-order valence-electron chi connectivity index (χ2n) is 6.39. The van der Waals surface area contributed by atoms with Crippen molar-refractivity contribution in [3.8, 4) is 11.1 Å². The van der Waals surface area contributed by atoms with E-state index in [0.29, 0.717) is 0 Å². The van der Waals surface area contributed by atoms with Crippen LogP contribution in [0.4, 0.5) is 4.39 Å². The molecule has 6 heteroatoms. The smallest absolute Gasteiger partial charge is 0.341 e. The lowest BCUT2D eigenvalue weighted by molar-refractivity contribution is 0.0695. The lowest BCUT2D eigenvalue weighted by Crippen LogP contribution is -2.20. The quantitative estimate of drug-likeness (QED) is 0.587. The van der Waals surface area contributed by atoms with Gasteiger partial charge < -0.3 is 9.67 Å². The summed E-state index contributed by atoms with van der Waals surface area (Å²) in [4.78, 5) is 28.1. The molecule has 0 saturated carbocycles. The fourth-order valence-corrected chi connectivity index (χ4v) is 3.25. The average Bonchev–Trinajstić information content (AvgIpc) is 2.71. The lowest BCUT2D eigenvalue weighted by atomic mass is 10.1. The molecule has 5 nitrogen and oxygen atoms in total. The highest BCUT2D eigenvalue weighted by molar-refractivity contribution is 5.92. The fourth-order valence-electron chi connectivity index (χ4n) is 3.25. The van der Waals surface area contributed by atoms with Gasteiger partial charge in [-0.25, -0.2) is 9.18 Å². The van der Waals surface area contributed by atoms with Gasteiger partial charge in [0.15, 0.2) is 0 Å². The first-order chi connectivity index (χ1) is 13.5. The zero-order valence-electron chi connectivity index (χ0n) is 14.7. The zero-order valence-corrected chi connectivity index (χ0v) is 14.7. The van der Waals surface area contributed by atoms with E-state index >= 15 is 0 Å². The van der Waals surface area contributed by atoms with Crippen molar-refractivity contribution in [1.82, 2.24) is 9.55 Å². The van der Waals surface area contributed by atoms with Crippen LogP contribution in [-0.4, -0.2) is 20.6 Å². The molecular weight excluding hydrogens is 359 g/mol. The van der Waals surface area contributed by atoms with Gasteiger partial charge in [-0.2, -0.15) is 0 Å². The SMILES string of the molecule is O=C(O)c1cn(Cc2cncc(-c3ccccc3)c2)c2c(F)cccc2c1=O. The van der Waals surface area contributed by atoms with Crippen molar-refractivity contribution >= 4 is 16.9 Å². The molecule has 2 heterocycles. The Morgan fingerprint density at radius 1 is 1.04 bits per heavy atom. The van der Waals surface area contributed by atoms with Crippen LogP contribution in [0.25, 0.3) is 22.0 Å². The van der Waals surface area contributed by atoms with Gasteiger partial charge in [0.05, 0.1) is 5.52 Å². The van der Waals surface area contributed by atoms with Gasteiger partial charge in [0, 0.05) is 36.1 Å². The normalized spacial score (nSPS) is 10.9. The monoisotopic (exact) mass is 374 g/mol. The van der Waals surface area contributed by atoms with Crippen LogP contribution in [0.5, 0.6) is 0 Å². The molecule has 2 aromatic heterocycles. The van der Waals surface area contributed by atoms with Crippen LogP contribution in [0.2, 0.25) is 0 Å². The Labute approximate surface area is 159 Å². The highest BCUT2D eigenvalue weighted by Crippen LogP contribution is 2.21. The van der Waals surface area contributed by atoms with Gasteiger partial charge >= 0.3 is 5.97 Å². The number of carboxylic acids is 1. The molecule has 0 spiro atoms. The standard InChI is InChI=1S/C22H15FN2O3/c23-19-8-4-7-17-20(19)25(13-18(21(17)26)22(27)28)12-14-9-16(11-24-10-14)15-5-2-1-3-6-15/h1-11,13H,12H2,(H,27,28). The first-order valence-corrected chi connectivity index (χ1v) is 8.59. The number of nitrogens with zero attached hydrogens (tertiary/aromatic N) is 2. The van der Waals surface area contributed by atoms with E-state index < -0.39 is 22.8 Å². The average molecular weight is 374 g/mol. The minimum Gasteiger partial charge on any atom is -0.477 e. The third-order valence-corrected chi connectivity index (χ3v) is 4.53. The highest BCUT2D eigenvalue weighted by atomic mass is 19.1. The molecule has 0 amide bonds. The van der Waals surface area contributed by atoms with E-state index in [4.69, 9.17) is 0 Å². The van der Waals surface area contributed by atoms with Gasteiger partial charge in [-0.3, -0.25) is 9.78 Å². The molecular formula is C22H15FN2O3. The molecule has 0 bridgehead atoms. The van der Waals surface area contributed by atoms with Gasteiger partial charge in [0.1, 0.15) is 11.4 Å². The number of hydrogen-bond acceptors (Lipinski definition) is 3. The van der Waals surface area contributed by atoms with E-state index in [2.05, 4.69) is 4.98 Å². The third kappa shape index (κ3) is 3.16. The molecule has 138 valence electrons. The maximum atomic E-state index is 14.5. The van der Waals surface area contributed by atoms with Crippen LogP contribution < -0.4 is 5.43 Å². The van der Waals surface area contributed by atoms with Gasteiger partial charge in [-0.15, -0.1) is 0 Å². The summed E-state index contributed by atoms with van der Waals surface area (Å²) in [6.45, 7) is 0.172. The van der Waals surface area contributed by atoms with Crippen LogP contribution in [-0.2, 0) is 6.54 Å². The number of benzene rings is 2. The number of carboxylic acid groups (broad SMARTS) is 1. The van der Waals surface area contributed by atoms with Crippen LogP contribution in [0.3, 0.4) is 0 Å². The number of aromatic nitrogens is 2. The van der Waals surface area contributed by atoms with Crippen molar-refractivity contribution in [1.29, 1.82) is 0 Å².